The molecule has 0 saturated carbocycles. The second-order valence-electron chi connectivity index (χ2n) is 5.54. The molecule has 0 aliphatic heterocycles. The van der Waals surface area contributed by atoms with Crippen LogP contribution in [0.4, 0.5) is 30.6 Å². The van der Waals surface area contributed by atoms with Gasteiger partial charge in [-0.15, -0.1) is 5.10 Å². The van der Waals surface area contributed by atoms with E-state index in [-0.39, 0.29) is 11.6 Å². The summed E-state index contributed by atoms with van der Waals surface area (Å²) in [5, 5.41) is 13.0. The lowest BCUT2D eigenvalue weighted by atomic mass is 10.1. The predicted molar refractivity (Wildman–Crippen MR) is 94.6 cm³/mol. The van der Waals surface area contributed by atoms with E-state index >= 15 is 0 Å². The summed E-state index contributed by atoms with van der Waals surface area (Å²) in [6.07, 6.45) is 2.11. The normalized spacial score (nSPS) is 10.5. The number of benzene rings is 2. The summed E-state index contributed by atoms with van der Waals surface area (Å²) < 4.78 is 45.2. The number of hydrogen-bond donors (Lipinski definition) is 2. The van der Waals surface area contributed by atoms with Crippen LogP contribution in [-0.4, -0.2) is 28.8 Å². The molecule has 0 spiro atoms. The molecule has 0 aliphatic rings. The van der Waals surface area contributed by atoms with Gasteiger partial charge in [-0.1, -0.05) is 12.1 Å². The fourth-order valence-electron chi connectivity index (χ4n) is 2.35. The number of halogens is 3. The van der Waals surface area contributed by atoms with Gasteiger partial charge in [-0.05, 0) is 36.2 Å². The van der Waals surface area contributed by atoms with Gasteiger partial charge < -0.3 is 15.4 Å². The maximum absolute atomic E-state index is 13.7. The van der Waals surface area contributed by atoms with Crippen molar-refractivity contribution in [2.75, 3.05) is 24.3 Å². The van der Waals surface area contributed by atoms with Gasteiger partial charge in [-0.2, -0.15) is 10.1 Å². The van der Waals surface area contributed by atoms with E-state index in [9.17, 15) is 13.2 Å². The zero-order valence-electron chi connectivity index (χ0n) is 14.3. The van der Waals surface area contributed by atoms with E-state index in [0.29, 0.717) is 18.8 Å². The summed E-state index contributed by atoms with van der Waals surface area (Å²) >= 11 is 0. The quantitative estimate of drug-likeness (QED) is 0.614. The first-order valence-electron chi connectivity index (χ1n) is 8.04. The van der Waals surface area contributed by atoms with Crippen LogP contribution in [0.1, 0.15) is 5.56 Å². The van der Waals surface area contributed by atoms with Crippen molar-refractivity contribution < 1.29 is 17.9 Å². The Morgan fingerprint density at radius 3 is 2.74 bits per heavy atom. The van der Waals surface area contributed by atoms with Crippen molar-refractivity contribution in [1.82, 2.24) is 15.2 Å². The highest BCUT2D eigenvalue weighted by Crippen LogP contribution is 2.22. The average Bonchev–Trinajstić information content (AvgIpc) is 2.69. The van der Waals surface area contributed by atoms with Gasteiger partial charge >= 0.3 is 0 Å². The molecule has 0 atom stereocenters. The van der Waals surface area contributed by atoms with Crippen molar-refractivity contribution in [3.05, 3.63) is 65.6 Å². The van der Waals surface area contributed by atoms with Gasteiger partial charge in [0.05, 0.1) is 19.0 Å². The maximum Gasteiger partial charge on any atom is 0.249 e. The van der Waals surface area contributed by atoms with Crippen molar-refractivity contribution in [3.8, 4) is 5.75 Å². The van der Waals surface area contributed by atoms with E-state index in [4.69, 9.17) is 4.74 Å². The van der Waals surface area contributed by atoms with Crippen LogP contribution in [0.2, 0.25) is 0 Å². The predicted octanol–water partition coefficient (Wildman–Crippen LogP) is 3.70. The van der Waals surface area contributed by atoms with Gasteiger partial charge in [0.2, 0.25) is 5.95 Å². The van der Waals surface area contributed by atoms with Crippen LogP contribution in [0.15, 0.2) is 42.6 Å². The third-order valence-corrected chi connectivity index (χ3v) is 3.69. The number of methoxy groups -OCH3 is 1. The number of ether oxygens (including phenoxy) is 1. The van der Waals surface area contributed by atoms with Gasteiger partial charge in [-0.3, -0.25) is 0 Å². The first-order valence-corrected chi connectivity index (χ1v) is 8.04. The number of nitrogens with one attached hydrogen (secondary N) is 2. The minimum absolute atomic E-state index is 0.0497. The maximum atomic E-state index is 13.7. The third kappa shape index (κ3) is 4.63. The number of hydrogen-bond acceptors (Lipinski definition) is 6. The Morgan fingerprint density at radius 2 is 1.93 bits per heavy atom. The van der Waals surface area contributed by atoms with Crippen LogP contribution >= 0.6 is 0 Å². The Morgan fingerprint density at radius 1 is 1.07 bits per heavy atom. The summed E-state index contributed by atoms with van der Waals surface area (Å²) in [5.74, 6) is -3.07. The second-order valence-corrected chi connectivity index (χ2v) is 5.54. The van der Waals surface area contributed by atoms with Gasteiger partial charge in [0, 0.05) is 6.54 Å². The highest BCUT2D eigenvalue weighted by molar-refractivity contribution is 5.55. The third-order valence-electron chi connectivity index (χ3n) is 3.69. The SMILES string of the molecule is COc1cccc(CCNc2cnnc(Nc3ccc(F)c(F)c3F)n2)c1. The molecule has 1 aromatic heterocycles. The van der Waals surface area contributed by atoms with E-state index in [1.807, 2.05) is 24.3 Å². The van der Waals surface area contributed by atoms with Crippen molar-refractivity contribution in [3.63, 3.8) is 0 Å². The first kappa shape index (κ1) is 18.4. The van der Waals surface area contributed by atoms with Crippen molar-refractivity contribution in [2.45, 2.75) is 6.42 Å². The lowest BCUT2D eigenvalue weighted by Crippen LogP contribution is -2.09. The molecule has 0 fully saturated rings. The molecule has 0 saturated heterocycles. The molecule has 3 rings (SSSR count). The van der Waals surface area contributed by atoms with Crippen molar-refractivity contribution >= 4 is 17.5 Å². The van der Waals surface area contributed by atoms with Crippen LogP contribution in [0.25, 0.3) is 0 Å². The highest BCUT2D eigenvalue weighted by Gasteiger charge is 2.14. The van der Waals surface area contributed by atoms with E-state index in [0.717, 1.165) is 23.4 Å². The minimum atomic E-state index is -1.57. The first-order chi connectivity index (χ1) is 13.1. The topological polar surface area (TPSA) is 72.0 Å². The van der Waals surface area contributed by atoms with Crippen LogP contribution in [0.3, 0.4) is 0 Å². The van der Waals surface area contributed by atoms with Gasteiger partial charge in [0.1, 0.15) is 5.75 Å². The number of nitrogens with zero attached hydrogens (tertiary/aromatic N) is 3. The van der Waals surface area contributed by atoms with Gasteiger partial charge in [0.25, 0.3) is 0 Å². The Balaban J connectivity index is 1.63. The van der Waals surface area contributed by atoms with Crippen LogP contribution < -0.4 is 15.4 Å². The minimum Gasteiger partial charge on any atom is -0.497 e. The molecule has 2 aromatic carbocycles. The van der Waals surface area contributed by atoms with Crippen LogP contribution in [0, 0.1) is 17.5 Å². The fourth-order valence-corrected chi connectivity index (χ4v) is 2.35. The van der Waals surface area contributed by atoms with Gasteiger partial charge in [-0.25, -0.2) is 13.2 Å². The Kier molecular flexibility index (Phi) is 5.70. The zero-order chi connectivity index (χ0) is 19.2. The van der Waals surface area contributed by atoms with Crippen molar-refractivity contribution in [1.29, 1.82) is 0 Å². The number of anilines is 3. The van der Waals surface area contributed by atoms with E-state index < -0.39 is 17.5 Å². The molecule has 0 unspecified atom stereocenters. The molecule has 2 N–H and O–H groups in total. The molecular weight excluding hydrogens is 359 g/mol. The molecule has 1 heterocycles. The lowest BCUT2D eigenvalue weighted by molar-refractivity contribution is 0.414. The monoisotopic (exact) mass is 375 g/mol. The molecular formula is C18H16F3N5O. The summed E-state index contributed by atoms with van der Waals surface area (Å²) in [5.41, 5.74) is 0.787. The van der Waals surface area contributed by atoms with Crippen LogP contribution in [-0.2, 0) is 6.42 Å². The fraction of sp³-hybridized carbons (Fsp3) is 0.167. The Bertz CT molecular complexity index is 939. The average molecular weight is 375 g/mol. The molecule has 0 aliphatic carbocycles. The molecule has 9 heteroatoms. The van der Waals surface area contributed by atoms with E-state index in [2.05, 4.69) is 25.8 Å². The lowest BCUT2D eigenvalue weighted by Gasteiger charge is -2.09. The molecule has 0 radical (unpaired) electrons. The summed E-state index contributed by atoms with van der Waals surface area (Å²) in [6.45, 7) is 0.560. The highest BCUT2D eigenvalue weighted by atomic mass is 19.2. The molecule has 0 amide bonds. The van der Waals surface area contributed by atoms with Crippen LogP contribution in [0.5, 0.6) is 5.75 Å². The largest absolute Gasteiger partial charge is 0.497 e. The molecule has 3 aromatic rings. The Labute approximate surface area is 153 Å². The van der Waals surface area contributed by atoms with Crippen molar-refractivity contribution in [2.24, 2.45) is 0 Å². The zero-order valence-corrected chi connectivity index (χ0v) is 14.3. The molecule has 140 valence electrons. The van der Waals surface area contributed by atoms with E-state index in [1.165, 1.54) is 6.20 Å². The number of aromatic nitrogens is 3. The standard InChI is InChI=1S/C18H16F3N5O/c1-27-12-4-2-3-11(9-12)7-8-22-15-10-23-26-18(25-15)24-14-6-5-13(19)16(20)17(14)21/h2-6,9-10H,7-8H2,1H3,(H2,22,24,25,26). The molecule has 0 bridgehead atoms. The number of rotatable bonds is 7. The Hall–Kier alpha value is -3.36. The summed E-state index contributed by atoms with van der Waals surface area (Å²) in [4.78, 5) is 4.12. The summed E-state index contributed by atoms with van der Waals surface area (Å²) in [7, 11) is 1.61. The van der Waals surface area contributed by atoms with E-state index in [1.54, 1.807) is 7.11 Å². The summed E-state index contributed by atoms with van der Waals surface area (Å²) in [6, 6.07) is 9.53. The smallest absolute Gasteiger partial charge is 0.249 e. The molecule has 27 heavy (non-hydrogen) atoms. The second kappa shape index (κ2) is 8.35. The van der Waals surface area contributed by atoms with Gasteiger partial charge in [0.15, 0.2) is 23.3 Å². The molecule has 6 nitrogen and oxygen atoms in total.